The molecule has 0 aliphatic heterocycles. The van der Waals surface area contributed by atoms with Crippen LogP contribution in [0, 0.1) is 5.92 Å². The summed E-state index contributed by atoms with van der Waals surface area (Å²) in [4.78, 5) is 4.26. The van der Waals surface area contributed by atoms with E-state index in [4.69, 9.17) is 0 Å². The monoisotopic (exact) mass is 233 g/mol. The predicted octanol–water partition coefficient (Wildman–Crippen LogP) is 3.51. The molecule has 1 aromatic heterocycles. The molecule has 0 saturated heterocycles. The summed E-state index contributed by atoms with van der Waals surface area (Å²) in [5.74, 6) is 0.863. The minimum atomic E-state index is 0.863. The Labute approximate surface area is 104 Å². The zero-order valence-corrected chi connectivity index (χ0v) is 10.7. The molecule has 0 bridgehead atoms. The Morgan fingerprint density at radius 1 is 1.18 bits per heavy atom. The lowest BCUT2D eigenvalue weighted by atomic mass is 10.1. The minimum Gasteiger partial charge on any atom is -0.384 e. The van der Waals surface area contributed by atoms with Crippen molar-refractivity contribution in [3.05, 3.63) is 18.5 Å². The second-order valence-electron chi connectivity index (χ2n) is 4.92. The van der Waals surface area contributed by atoms with Gasteiger partial charge in [-0.1, -0.05) is 19.8 Å². The molecule has 17 heavy (non-hydrogen) atoms. The number of anilines is 2. The lowest BCUT2D eigenvalue weighted by Gasteiger charge is -2.12. The number of nitrogens with one attached hydrogen (secondary N) is 2. The van der Waals surface area contributed by atoms with Gasteiger partial charge in [-0.3, -0.25) is 4.98 Å². The van der Waals surface area contributed by atoms with Gasteiger partial charge in [-0.05, 0) is 31.2 Å². The summed E-state index contributed by atoms with van der Waals surface area (Å²) in [6.07, 6.45) is 10.5. The third-order valence-electron chi connectivity index (χ3n) is 3.39. The van der Waals surface area contributed by atoms with E-state index < -0.39 is 0 Å². The molecule has 2 rings (SSSR count). The van der Waals surface area contributed by atoms with E-state index in [-0.39, 0.29) is 0 Å². The zero-order chi connectivity index (χ0) is 11.9. The van der Waals surface area contributed by atoms with Gasteiger partial charge in [-0.2, -0.15) is 0 Å². The summed E-state index contributed by atoms with van der Waals surface area (Å²) in [7, 11) is 0. The molecule has 1 heterocycles. The molecule has 0 atom stereocenters. The summed E-state index contributed by atoms with van der Waals surface area (Å²) in [5, 5.41) is 6.86. The maximum Gasteiger partial charge on any atom is 0.0547 e. The normalized spacial score (nSPS) is 16.1. The fourth-order valence-corrected chi connectivity index (χ4v) is 2.38. The van der Waals surface area contributed by atoms with Crippen molar-refractivity contribution in [1.82, 2.24) is 4.98 Å². The van der Waals surface area contributed by atoms with Crippen molar-refractivity contribution < 1.29 is 0 Å². The highest BCUT2D eigenvalue weighted by molar-refractivity contribution is 5.53. The van der Waals surface area contributed by atoms with E-state index >= 15 is 0 Å². The first-order chi connectivity index (χ1) is 8.38. The Morgan fingerprint density at radius 3 is 2.59 bits per heavy atom. The number of pyridine rings is 1. The topological polar surface area (TPSA) is 37.0 Å². The standard InChI is InChI=1S/C14H23N3/c1-2-7-16-13-8-14(11-15-10-13)17-9-12-5-3-4-6-12/h8,10-12,16-17H,2-7,9H2,1H3. The van der Waals surface area contributed by atoms with Crippen LogP contribution in [0.4, 0.5) is 11.4 Å². The summed E-state index contributed by atoms with van der Waals surface area (Å²) < 4.78 is 0. The molecule has 94 valence electrons. The highest BCUT2D eigenvalue weighted by Crippen LogP contribution is 2.25. The number of hydrogen-bond donors (Lipinski definition) is 2. The predicted molar refractivity (Wildman–Crippen MR) is 73.5 cm³/mol. The van der Waals surface area contributed by atoms with Crippen molar-refractivity contribution >= 4 is 11.4 Å². The van der Waals surface area contributed by atoms with Crippen LogP contribution in [0.25, 0.3) is 0 Å². The Morgan fingerprint density at radius 2 is 1.88 bits per heavy atom. The summed E-state index contributed by atoms with van der Waals surface area (Å²) in [6.45, 7) is 4.27. The quantitative estimate of drug-likeness (QED) is 0.789. The van der Waals surface area contributed by atoms with Crippen LogP contribution in [0.1, 0.15) is 39.0 Å². The number of nitrogens with zero attached hydrogens (tertiary/aromatic N) is 1. The highest BCUT2D eigenvalue weighted by atomic mass is 14.9. The highest BCUT2D eigenvalue weighted by Gasteiger charge is 2.14. The Hall–Kier alpha value is -1.25. The van der Waals surface area contributed by atoms with E-state index in [1.54, 1.807) is 0 Å². The fraction of sp³-hybridized carbons (Fsp3) is 0.643. The van der Waals surface area contributed by atoms with E-state index in [1.165, 1.54) is 25.7 Å². The SMILES string of the molecule is CCCNc1cncc(NCC2CCCC2)c1. The molecule has 0 aromatic carbocycles. The second kappa shape index (κ2) is 6.48. The van der Waals surface area contributed by atoms with Crippen LogP contribution in [0.2, 0.25) is 0 Å². The van der Waals surface area contributed by atoms with Crippen LogP contribution >= 0.6 is 0 Å². The number of hydrogen-bond acceptors (Lipinski definition) is 3. The van der Waals surface area contributed by atoms with Gasteiger partial charge in [0.15, 0.2) is 0 Å². The molecule has 0 amide bonds. The Bertz CT molecular complexity index is 332. The van der Waals surface area contributed by atoms with E-state index in [0.717, 1.165) is 36.8 Å². The van der Waals surface area contributed by atoms with Crippen molar-refractivity contribution in [2.45, 2.75) is 39.0 Å². The average molecular weight is 233 g/mol. The van der Waals surface area contributed by atoms with Crippen molar-refractivity contribution in [3.8, 4) is 0 Å². The van der Waals surface area contributed by atoms with Gasteiger partial charge in [0.1, 0.15) is 0 Å². The van der Waals surface area contributed by atoms with Crippen LogP contribution in [-0.4, -0.2) is 18.1 Å². The number of aromatic nitrogens is 1. The van der Waals surface area contributed by atoms with Crippen LogP contribution in [0.15, 0.2) is 18.5 Å². The molecule has 0 spiro atoms. The van der Waals surface area contributed by atoms with Gasteiger partial charge < -0.3 is 10.6 Å². The molecule has 0 radical (unpaired) electrons. The van der Waals surface area contributed by atoms with Gasteiger partial charge in [-0.15, -0.1) is 0 Å². The molecule has 1 aliphatic carbocycles. The molecular weight excluding hydrogens is 210 g/mol. The lowest BCUT2D eigenvalue weighted by Crippen LogP contribution is -2.11. The summed E-state index contributed by atoms with van der Waals surface area (Å²) >= 11 is 0. The Kier molecular flexibility index (Phi) is 4.65. The summed E-state index contributed by atoms with van der Waals surface area (Å²) in [6, 6.07) is 2.15. The molecule has 1 fully saturated rings. The van der Waals surface area contributed by atoms with E-state index in [1.807, 2.05) is 12.4 Å². The molecule has 3 heteroatoms. The average Bonchev–Trinajstić information content (AvgIpc) is 2.87. The smallest absolute Gasteiger partial charge is 0.0547 e. The maximum atomic E-state index is 4.26. The first kappa shape index (κ1) is 12.2. The lowest BCUT2D eigenvalue weighted by molar-refractivity contribution is 0.580. The minimum absolute atomic E-state index is 0.863. The molecule has 1 aromatic rings. The van der Waals surface area contributed by atoms with E-state index in [0.29, 0.717) is 0 Å². The van der Waals surface area contributed by atoms with Crippen LogP contribution in [-0.2, 0) is 0 Å². The van der Waals surface area contributed by atoms with E-state index in [2.05, 4.69) is 28.6 Å². The van der Waals surface area contributed by atoms with E-state index in [9.17, 15) is 0 Å². The largest absolute Gasteiger partial charge is 0.384 e. The molecule has 3 nitrogen and oxygen atoms in total. The van der Waals surface area contributed by atoms with Crippen molar-refractivity contribution in [3.63, 3.8) is 0 Å². The fourth-order valence-electron chi connectivity index (χ4n) is 2.38. The van der Waals surface area contributed by atoms with Gasteiger partial charge in [0.2, 0.25) is 0 Å². The molecule has 1 saturated carbocycles. The maximum absolute atomic E-state index is 4.26. The number of rotatable bonds is 6. The van der Waals surface area contributed by atoms with Gasteiger partial charge in [-0.25, -0.2) is 0 Å². The van der Waals surface area contributed by atoms with Crippen LogP contribution in [0.5, 0.6) is 0 Å². The molecule has 1 aliphatic rings. The zero-order valence-electron chi connectivity index (χ0n) is 10.7. The molecule has 0 unspecified atom stereocenters. The molecule has 2 N–H and O–H groups in total. The van der Waals surface area contributed by atoms with Crippen LogP contribution in [0.3, 0.4) is 0 Å². The van der Waals surface area contributed by atoms with Gasteiger partial charge in [0, 0.05) is 13.1 Å². The van der Waals surface area contributed by atoms with Crippen LogP contribution < -0.4 is 10.6 Å². The summed E-state index contributed by atoms with van der Waals surface area (Å²) in [5.41, 5.74) is 2.25. The molecular formula is C14H23N3. The third kappa shape index (κ3) is 3.91. The Balaban J connectivity index is 1.82. The van der Waals surface area contributed by atoms with Crippen molar-refractivity contribution in [1.29, 1.82) is 0 Å². The first-order valence-corrected chi connectivity index (χ1v) is 6.81. The van der Waals surface area contributed by atoms with Crippen molar-refractivity contribution in [2.75, 3.05) is 23.7 Å². The van der Waals surface area contributed by atoms with Gasteiger partial charge >= 0.3 is 0 Å². The second-order valence-corrected chi connectivity index (χ2v) is 4.92. The first-order valence-electron chi connectivity index (χ1n) is 6.81. The van der Waals surface area contributed by atoms with Crippen molar-refractivity contribution in [2.24, 2.45) is 5.92 Å². The van der Waals surface area contributed by atoms with Gasteiger partial charge in [0.05, 0.1) is 23.8 Å². The third-order valence-corrected chi connectivity index (χ3v) is 3.39. The van der Waals surface area contributed by atoms with Gasteiger partial charge in [0.25, 0.3) is 0 Å².